The van der Waals surface area contributed by atoms with Gasteiger partial charge in [-0.1, -0.05) is 0 Å². The molecule has 0 spiro atoms. The summed E-state index contributed by atoms with van der Waals surface area (Å²) in [6, 6.07) is 1.45. The van der Waals surface area contributed by atoms with E-state index in [2.05, 4.69) is 4.98 Å². The Balaban J connectivity index is 0. The summed E-state index contributed by atoms with van der Waals surface area (Å²) in [6.45, 7) is 0.0863. The molecule has 0 bridgehead atoms. The Morgan fingerprint density at radius 2 is 2.15 bits per heavy atom. The Morgan fingerprint density at radius 3 is 2.62 bits per heavy atom. The lowest BCUT2D eigenvalue weighted by Gasteiger charge is -2.03. The van der Waals surface area contributed by atoms with E-state index in [4.69, 9.17) is 10.5 Å². The van der Waals surface area contributed by atoms with Crippen molar-refractivity contribution in [3.63, 3.8) is 0 Å². The van der Waals surface area contributed by atoms with E-state index in [1.54, 1.807) is 0 Å². The van der Waals surface area contributed by atoms with Crippen LogP contribution in [-0.4, -0.2) is 12.1 Å². The van der Waals surface area contributed by atoms with Gasteiger partial charge in [-0.15, -0.1) is 24.8 Å². The van der Waals surface area contributed by atoms with Gasteiger partial charge in [0, 0.05) is 18.8 Å². The van der Waals surface area contributed by atoms with Crippen molar-refractivity contribution in [2.75, 3.05) is 7.11 Å². The van der Waals surface area contributed by atoms with Crippen LogP contribution in [0, 0.1) is 5.82 Å². The summed E-state index contributed by atoms with van der Waals surface area (Å²) in [4.78, 5) is 3.73. The molecule has 0 aliphatic heterocycles. The molecule has 13 heavy (non-hydrogen) atoms. The quantitative estimate of drug-likeness (QED) is 0.836. The molecule has 0 aliphatic carbocycles. The van der Waals surface area contributed by atoms with Crippen molar-refractivity contribution < 1.29 is 9.13 Å². The predicted molar refractivity (Wildman–Crippen MR) is 53.1 cm³/mol. The van der Waals surface area contributed by atoms with Crippen LogP contribution in [0.3, 0.4) is 0 Å². The smallest absolute Gasteiger partial charge is 0.187 e. The van der Waals surface area contributed by atoms with Crippen molar-refractivity contribution in [3.05, 3.63) is 23.8 Å². The molecule has 0 fully saturated rings. The zero-order valence-corrected chi connectivity index (χ0v) is 8.62. The zero-order chi connectivity index (χ0) is 8.27. The van der Waals surface area contributed by atoms with Gasteiger partial charge in [-0.2, -0.15) is 0 Å². The topological polar surface area (TPSA) is 48.1 Å². The summed E-state index contributed by atoms with van der Waals surface area (Å²) in [7, 11) is 1.40. The average Bonchev–Trinajstić information content (AvgIpc) is 2.05. The lowest BCUT2D eigenvalue weighted by molar-refractivity contribution is 0.382. The molecule has 0 atom stereocenters. The molecule has 0 aromatic carbocycles. The number of methoxy groups -OCH3 is 1. The molecule has 3 nitrogen and oxygen atoms in total. The van der Waals surface area contributed by atoms with Crippen molar-refractivity contribution in [1.82, 2.24) is 4.98 Å². The molecule has 0 saturated heterocycles. The van der Waals surface area contributed by atoms with Crippen LogP contribution in [0.2, 0.25) is 0 Å². The minimum absolute atomic E-state index is 0. The molecule has 1 aromatic rings. The van der Waals surface area contributed by atoms with Crippen molar-refractivity contribution in [3.8, 4) is 5.75 Å². The van der Waals surface area contributed by atoms with Gasteiger partial charge >= 0.3 is 0 Å². The first-order valence-corrected chi connectivity index (χ1v) is 3.17. The molecule has 0 radical (unpaired) electrons. The second kappa shape index (κ2) is 6.88. The molecule has 6 heteroatoms. The van der Waals surface area contributed by atoms with Crippen LogP contribution in [-0.2, 0) is 6.54 Å². The summed E-state index contributed by atoms with van der Waals surface area (Å²) in [5, 5.41) is 0. The van der Waals surface area contributed by atoms with Crippen LogP contribution < -0.4 is 10.5 Å². The van der Waals surface area contributed by atoms with Crippen molar-refractivity contribution >= 4 is 24.8 Å². The molecular weight excluding hydrogens is 218 g/mol. The SMILES string of the molecule is COc1ccnc(CN)c1F.Cl.Cl. The number of nitrogens with zero attached hydrogens (tertiary/aromatic N) is 1. The van der Waals surface area contributed by atoms with Crippen LogP contribution in [0.5, 0.6) is 5.75 Å². The van der Waals surface area contributed by atoms with Gasteiger partial charge in [-0.3, -0.25) is 4.98 Å². The molecule has 0 unspecified atom stereocenters. The maximum absolute atomic E-state index is 13.0. The predicted octanol–water partition coefficient (Wildman–Crippen LogP) is 1.53. The third-order valence-electron chi connectivity index (χ3n) is 1.34. The van der Waals surface area contributed by atoms with Gasteiger partial charge in [0.15, 0.2) is 11.6 Å². The Morgan fingerprint density at radius 1 is 1.54 bits per heavy atom. The molecule has 0 amide bonds. The zero-order valence-electron chi connectivity index (χ0n) is 6.99. The summed E-state index contributed by atoms with van der Waals surface area (Å²) in [5.41, 5.74) is 5.44. The molecule has 0 saturated carbocycles. The first-order chi connectivity index (χ1) is 5.29. The molecule has 0 aliphatic rings. The van der Waals surface area contributed by atoms with E-state index >= 15 is 0 Å². The van der Waals surface area contributed by atoms with Crippen LogP contribution in [0.15, 0.2) is 12.3 Å². The highest BCUT2D eigenvalue weighted by atomic mass is 35.5. The van der Waals surface area contributed by atoms with Crippen LogP contribution >= 0.6 is 24.8 Å². The number of aromatic nitrogens is 1. The normalized spacial score (nSPS) is 8.23. The fraction of sp³-hybridized carbons (Fsp3) is 0.286. The summed E-state index contributed by atoms with van der Waals surface area (Å²) < 4.78 is 17.7. The van der Waals surface area contributed by atoms with Crippen molar-refractivity contribution in [1.29, 1.82) is 0 Å². The van der Waals surface area contributed by atoms with Crippen LogP contribution in [0.1, 0.15) is 5.69 Å². The van der Waals surface area contributed by atoms with E-state index in [0.717, 1.165) is 0 Å². The molecular formula is C7H11Cl2FN2O. The minimum Gasteiger partial charge on any atom is -0.494 e. The number of halogens is 3. The second-order valence-corrected chi connectivity index (χ2v) is 1.98. The first kappa shape index (κ1) is 14.9. The van der Waals surface area contributed by atoms with Gasteiger partial charge in [0.25, 0.3) is 0 Å². The Bertz CT molecular complexity index is 238. The van der Waals surface area contributed by atoms with E-state index in [0.29, 0.717) is 0 Å². The van der Waals surface area contributed by atoms with Gasteiger partial charge in [-0.05, 0) is 0 Å². The number of nitrogens with two attached hydrogens (primary N) is 1. The maximum Gasteiger partial charge on any atom is 0.187 e. The highest BCUT2D eigenvalue weighted by Crippen LogP contribution is 2.16. The summed E-state index contributed by atoms with van der Waals surface area (Å²) in [6.07, 6.45) is 1.46. The van der Waals surface area contributed by atoms with Crippen LogP contribution in [0.25, 0.3) is 0 Å². The Hall–Kier alpha value is -0.580. The molecule has 2 N–H and O–H groups in total. The average molecular weight is 229 g/mol. The Labute approximate surface area is 88.3 Å². The Kier molecular flexibility index (Phi) is 7.90. The van der Waals surface area contributed by atoms with Gasteiger partial charge in [-0.25, -0.2) is 4.39 Å². The van der Waals surface area contributed by atoms with E-state index in [-0.39, 0.29) is 42.8 Å². The third-order valence-corrected chi connectivity index (χ3v) is 1.34. The van der Waals surface area contributed by atoms with E-state index < -0.39 is 5.82 Å². The molecule has 1 heterocycles. The summed E-state index contributed by atoms with van der Waals surface area (Å²) in [5.74, 6) is -0.294. The molecule has 1 aromatic heterocycles. The lowest BCUT2D eigenvalue weighted by Crippen LogP contribution is -2.03. The highest BCUT2D eigenvalue weighted by molar-refractivity contribution is 5.85. The number of hydrogen-bond acceptors (Lipinski definition) is 3. The number of pyridine rings is 1. The van der Waals surface area contributed by atoms with Gasteiger partial charge in [0.1, 0.15) is 0 Å². The van der Waals surface area contributed by atoms with E-state index in [1.165, 1.54) is 19.4 Å². The second-order valence-electron chi connectivity index (χ2n) is 1.98. The van der Waals surface area contributed by atoms with E-state index in [1.807, 2.05) is 0 Å². The number of hydrogen-bond donors (Lipinski definition) is 1. The molecule has 1 rings (SSSR count). The third kappa shape index (κ3) is 3.34. The van der Waals surface area contributed by atoms with Crippen LogP contribution in [0.4, 0.5) is 4.39 Å². The van der Waals surface area contributed by atoms with Crippen molar-refractivity contribution in [2.45, 2.75) is 6.54 Å². The number of rotatable bonds is 2. The minimum atomic E-state index is -0.475. The lowest BCUT2D eigenvalue weighted by atomic mass is 10.3. The summed E-state index contributed by atoms with van der Waals surface area (Å²) >= 11 is 0. The number of ether oxygens (including phenoxy) is 1. The van der Waals surface area contributed by atoms with E-state index in [9.17, 15) is 4.39 Å². The monoisotopic (exact) mass is 228 g/mol. The first-order valence-electron chi connectivity index (χ1n) is 3.17. The van der Waals surface area contributed by atoms with Gasteiger partial charge in [0.2, 0.25) is 0 Å². The van der Waals surface area contributed by atoms with Gasteiger partial charge < -0.3 is 10.5 Å². The maximum atomic E-state index is 13.0. The fourth-order valence-corrected chi connectivity index (χ4v) is 0.767. The van der Waals surface area contributed by atoms with Gasteiger partial charge in [0.05, 0.1) is 12.8 Å². The largest absolute Gasteiger partial charge is 0.494 e. The van der Waals surface area contributed by atoms with Crippen molar-refractivity contribution in [2.24, 2.45) is 5.73 Å². The fourth-order valence-electron chi connectivity index (χ4n) is 0.767. The standard InChI is InChI=1S/C7H9FN2O.2ClH/c1-11-6-2-3-10-5(4-9)7(6)8;;/h2-3H,4,9H2,1H3;2*1H. The highest BCUT2D eigenvalue weighted by Gasteiger charge is 2.06. The molecule has 76 valence electrons.